The Morgan fingerprint density at radius 3 is 2.44 bits per heavy atom. The molecular weight excluding hydrogens is 454 g/mol. The highest BCUT2D eigenvalue weighted by molar-refractivity contribution is 7.92. The first kappa shape index (κ1) is 24.1. The van der Waals surface area contributed by atoms with Crippen molar-refractivity contribution in [1.82, 2.24) is 9.47 Å². The topological polar surface area (TPSA) is 115 Å². The first-order valence-electron chi connectivity index (χ1n) is 10.5. The summed E-state index contributed by atoms with van der Waals surface area (Å²) in [4.78, 5) is 42.5. The number of rotatable bonds is 6. The van der Waals surface area contributed by atoms with E-state index in [9.17, 15) is 22.8 Å². The number of benzene rings is 1. The van der Waals surface area contributed by atoms with Crippen LogP contribution in [-0.4, -0.2) is 66.9 Å². The van der Waals surface area contributed by atoms with Crippen LogP contribution in [0.3, 0.4) is 0 Å². The molecule has 2 heterocycles. The molecule has 2 amide bonds. The van der Waals surface area contributed by atoms with Crippen molar-refractivity contribution in [1.29, 1.82) is 0 Å². The zero-order chi connectivity index (χ0) is 23.3. The van der Waals surface area contributed by atoms with E-state index in [1.165, 1.54) is 0 Å². The molecule has 1 aliphatic rings. The Hall–Kier alpha value is -2.53. The third-order valence-corrected chi connectivity index (χ3v) is 7.65. The Morgan fingerprint density at radius 2 is 1.78 bits per heavy atom. The monoisotopic (exact) mass is 481 g/mol. The minimum atomic E-state index is -3.93. The first-order chi connectivity index (χ1) is 15.2. The third-order valence-electron chi connectivity index (χ3n) is 5.19. The molecule has 32 heavy (non-hydrogen) atoms. The fourth-order valence-corrected chi connectivity index (χ4v) is 5.74. The molecule has 174 valence electrons. The van der Waals surface area contributed by atoms with Crippen molar-refractivity contribution in [2.24, 2.45) is 12.0 Å². The van der Waals surface area contributed by atoms with Gasteiger partial charge >= 0.3 is 5.97 Å². The number of fused-ring (bicyclic) bond motifs is 1. The molecule has 3 rings (SSSR count). The van der Waals surface area contributed by atoms with Crippen molar-refractivity contribution in [2.75, 3.05) is 31.2 Å². The molecule has 0 atom stereocenters. The van der Waals surface area contributed by atoms with Crippen molar-refractivity contribution in [3.8, 4) is 0 Å². The van der Waals surface area contributed by atoms with Crippen LogP contribution >= 0.6 is 11.3 Å². The number of aryl methyl sites for hydroxylation is 1. The second kappa shape index (κ2) is 10.4. The van der Waals surface area contributed by atoms with Crippen LogP contribution in [0.5, 0.6) is 0 Å². The second-order valence-electron chi connectivity index (χ2n) is 7.68. The number of ether oxygens (including phenoxy) is 1. The van der Waals surface area contributed by atoms with Crippen LogP contribution in [0, 0.1) is 0 Å². The SMILES string of the molecule is CCOC(=O)c1ccc2c(c1)sc(=NC(=O)CS(=O)(=O)CC(=O)N1CCCCCC1)n2C. The molecule has 9 nitrogen and oxygen atoms in total. The van der Waals surface area contributed by atoms with E-state index in [2.05, 4.69) is 4.99 Å². The van der Waals surface area contributed by atoms with Gasteiger partial charge in [0.1, 0.15) is 11.5 Å². The summed E-state index contributed by atoms with van der Waals surface area (Å²) in [6.07, 6.45) is 3.78. The number of carbonyl (C=O) groups is 3. The zero-order valence-electron chi connectivity index (χ0n) is 18.2. The first-order valence-corrected chi connectivity index (χ1v) is 13.2. The van der Waals surface area contributed by atoms with Crippen LogP contribution in [0.25, 0.3) is 10.2 Å². The highest BCUT2D eigenvalue weighted by Gasteiger charge is 2.25. The maximum absolute atomic E-state index is 12.4. The lowest BCUT2D eigenvalue weighted by Crippen LogP contribution is -2.37. The molecule has 2 aromatic rings. The predicted molar refractivity (Wildman–Crippen MR) is 121 cm³/mol. The van der Waals surface area contributed by atoms with Crippen molar-refractivity contribution >= 4 is 49.2 Å². The number of thiazole rings is 1. The summed E-state index contributed by atoms with van der Waals surface area (Å²) in [5.41, 5.74) is 1.13. The summed E-state index contributed by atoms with van der Waals surface area (Å²) < 4.78 is 32.2. The lowest BCUT2D eigenvalue weighted by Gasteiger charge is -2.19. The maximum atomic E-state index is 12.4. The van der Waals surface area contributed by atoms with E-state index >= 15 is 0 Å². The molecule has 0 radical (unpaired) electrons. The van der Waals surface area contributed by atoms with Gasteiger partial charge in [-0.1, -0.05) is 24.2 Å². The molecule has 0 unspecified atom stereocenters. The molecule has 1 aliphatic heterocycles. The van der Waals surface area contributed by atoms with Gasteiger partial charge in [0.2, 0.25) is 5.91 Å². The van der Waals surface area contributed by atoms with E-state index < -0.39 is 39.1 Å². The summed E-state index contributed by atoms with van der Waals surface area (Å²) in [5.74, 6) is -3.25. The number of carbonyl (C=O) groups excluding carboxylic acids is 3. The molecule has 0 saturated carbocycles. The number of esters is 1. The summed E-state index contributed by atoms with van der Waals surface area (Å²) >= 11 is 1.16. The smallest absolute Gasteiger partial charge is 0.338 e. The molecule has 1 saturated heterocycles. The highest BCUT2D eigenvalue weighted by Crippen LogP contribution is 2.19. The van der Waals surface area contributed by atoms with Gasteiger partial charge in [-0.15, -0.1) is 0 Å². The van der Waals surface area contributed by atoms with Gasteiger partial charge < -0.3 is 14.2 Å². The van der Waals surface area contributed by atoms with E-state index in [0.29, 0.717) is 28.2 Å². The van der Waals surface area contributed by atoms with Gasteiger partial charge in [0.25, 0.3) is 5.91 Å². The van der Waals surface area contributed by atoms with Crippen LogP contribution in [0.15, 0.2) is 23.2 Å². The molecule has 0 spiro atoms. The molecule has 1 aromatic carbocycles. The van der Waals surface area contributed by atoms with Gasteiger partial charge in [0, 0.05) is 20.1 Å². The Balaban J connectivity index is 1.74. The molecule has 1 aromatic heterocycles. The van der Waals surface area contributed by atoms with Crippen molar-refractivity contribution in [2.45, 2.75) is 32.6 Å². The summed E-state index contributed by atoms with van der Waals surface area (Å²) in [7, 11) is -2.23. The maximum Gasteiger partial charge on any atom is 0.338 e. The van der Waals surface area contributed by atoms with Gasteiger partial charge in [-0.2, -0.15) is 4.99 Å². The fourth-order valence-electron chi connectivity index (χ4n) is 3.56. The molecule has 0 N–H and O–H groups in total. The number of hydrogen-bond donors (Lipinski definition) is 0. The molecule has 0 bridgehead atoms. The van der Waals surface area contributed by atoms with Crippen LogP contribution in [0.2, 0.25) is 0 Å². The van der Waals surface area contributed by atoms with Crippen molar-refractivity contribution in [3.05, 3.63) is 28.6 Å². The fraction of sp³-hybridized carbons (Fsp3) is 0.524. The Bertz CT molecular complexity index is 1190. The van der Waals surface area contributed by atoms with E-state index in [-0.39, 0.29) is 6.61 Å². The molecule has 11 heteroatoms. The molecule has 0 aliphatic carbocycles. The molecule has 1 fully saturated rings. The quantitative estimate of drug-likeness (QED) is 0.580. The molecular formula is C21H27N3O6S2. The number of sulfone groups is 1. The second-order valence-corrected chi connectivity index (χ2v) is 10.8. The number of amides is 2. The van der Waals surface area contributed by atoms with E-state index in [4.69, 9.17) is 4.74 Å². The number of aromatic nitrogens is 1. The van der Waals surface area contributed by atoms with Crippen LogP contribution in [0.1, 0.15) is 43.0 Å². The Kier molecular flexibility index (Phi) is 7.83. The van der Waals surface area contributed by atoms with Gasteiger partial charge in [0.15, 0.2) is 14.6 Å². The van der Waals surface area contributed by atoms with Crippen molar-refractivity contribution in [3.63, 3.8) is 0 Å². The summed E-state index contributed by atoms with van der Waals surface area (Å²) in [6.45, 7) is 3.09. The Labute approximate surface area is 190 Å². The van der Waals surface area contributed by atoms with E-state index in [0.717, 1.165) is 42.5 Å². The minimum Gasteiger partial charge on any atom is -0.462 e. The van der Waals surface area contributed by atoms with Crippen LogP contribution < -0.4 is 4.80 Å². The number of likely N-dealkylation sites (tertiary alicyclic amines) is 1. The lowest BCUT2D eigenvalue weighted by atomic mass is 10.2. The summed E-state index contributed by atoms with van der Waals surface area (Å²) in [6, 6.07) is 4.99. The highest BCUT2D eigenvalue weighted by atomic mass is 32.2. The van der Waals surface area contributed by atoms with Gasteiger partial charge in [0.05, 0.1) is 22.4 Å². The van der Waals surface area contributed by atoms with Gasteiger partial charge in [-0.05, 0) is 38.0 Å². The van der Waals surface area contributed by atoms with Crippen LogP contribution in [-0.2, 0) is 31.2 Å². The average molecular weight is 482 g/mol. The van der Waals surface area contributed by atoms with Gasteiger partial charge in [-0.3, -0.25) is 9.59 Å². The normalized spacial score (nSPS) is 15.6. The largest absolute Gasteiger partial charge is 0.462 e. The number of nitrogens with zero attached hydrogens (tertiary/aromatic N) is 3. The van der Waals surface area contributed by atoms with Crippen LogP contribution in [0.4, 0.5) is 0 Å². The van der Waals surface area contributed by atoms with E-state index in [1.807, 2.05) is 0 Å². The lowest BCUT2D eigenvalue weighted by molar-refractivity contribution is -0.128. The zero-order valence-corrected chi connectivity index (χ0v) is 19.8. The third kappa shape index (κ3) is 6.04. The average Bonchev–Trinajstić information content (AvgIpc) is 2.89. The summed E-state index contributed by atoms with van der Waals surface area (Å²) in [5, 5.41) is 0. The van der Waals surface area contributed by atoms with Gasteiger partial charge in [-0.25, -0.2) is 13.2 Å². The Morgan fingerprint density at radius 1 is 1.09 bits per heavy atom. The predicted octanol–water partition coefficient (Wildman–Crippen LogP) is 1.66. The minimum absolute atomic E-state index is 0.263. The number of hydrogen-bond acceptors (Lipinski definition) is 7. The standard InChI is InChI=1S/C21H27N3O6S2/c1-3-30-20(27)15-8-9-16-17(12-15)31-21(23(16)2)22-18(25)13-32(28,29)14-19(26)24-10-6-4-5-7-11-24/h8-9,12H,3-7,10-11,13-14H2,1-2H3. The van der Waals surface area contributed by atoms with Crippen molar-refractivity contribution < 1.29 is 27.5 Å². The van der Waals surface area contributed by atoms with E-state index in [1.54, 1.807) is 41.6 Å².